The van der Waals surface area contributed by atoms with Gasteiger partial charge in [-0.1, -0.05) is 13.3 Å². The second-order valence-electron chi connectivity index (χ2n) is 5.03. The number of aliphatic carboxylic acids is 1. The average Bonchev–Trinajstić information content (AvgIpc) is 2.46. The molecule has 0 aliphatic rings. The zero-order valence-corrected chi connectivity index (χ0v) is 12.6. The number of hydrogen-bond donors (Lipinski definition) is 2. The minimum Gasteiger partial charge on any atom is -0.494 e. The summed E-state index contributed by atoms with van der Waals surface area (Å²) in [4.78, 5) is 22.5. The lowest BCUT2D eigenvalue weighted by Crippen LogP contribution is -2.32. The highest BCUT2D eigenvalue weighted by molar-refractivity contribution is 5.94. The maximum absolute atomic E-state index is 12.0. The topological polar surface area (TPSA) is 75.6 Å². The van der Waals surface area contributed by atoms with Crippen LogP contribution in [0.3, 0.4) is 0 Å². The van der Waals surface area contributed by atoms with E-state index >= 15 is 0 Å². The Bertz CT molecular complexity index is 456. The van der Waals surface area contributed by atoms with Crippen molar-refractivity contribution in [2.75, 3.05) is 6.61 Å². The monoisotopic (exact) mass is 293 g/mol. The smallest absolute Gasteiger partial charge is 0.303 e. The summed E-state index contributed by atoms with van der Waals surface area (Å²) in [6, 6.07) is 6.79. The summed E-state index contributed by atoms with van der Waals surface area (Å²) in [7, 11) is 0. The normalized spacial score (nSPS) is 11.7. The van der Waals surface area contributed by atoms with Crippen LogP contribution in [-0.4, -0.2) is 29.6 Å². The molecule has 0 saturated heterocycles. The summed E-state index contributed by atoms with van der Waals surface area (Å²) in [5.41, 5.74) is 0.542. The van der Waals surface area contributed by atoms with E-state index in [-0.39, 0.29) is 18.4 Å². The second kappa shape index (κ2) is 9.00. The summed E-state index contributed by atoms with van der Waals surface area (Å²) in [6.07, 6.45) is 2.54. The predicted octanol–water partition coefficient (Wildman–Crippen LogP) is 2.85. The standard InChI is InChI=1S/C16H23NO4/c1-3-4-11-21-14-8-6-13(7-9-14)16(20)17-12(2)5-10-15(18)19/h6-9,12H,3-5,10-11H2,1-2H3,(H,17,20)(H,18,19). The summed E-state index contributed by atoms with van der Waals surface area (Å²) < 4.78 is 5.53. The van der Waals surface area contributed by atoms with Crippen LogP contribution >= 0.6 is 0 Å². The molecule has 2 N–H and O–H groups in total. The number of carboxylic acid groups (broad SMARTS) is 1. The van der Waals surface area contributed by atoms with Crippen LogP contribution in [0.4, 0.5) is 0 Å². The van der Waals surface area contributed by atoms with Crippen LogP contribution in [0.15, 0.2) is 24.3 Å². The van der Waals surface area contributed by atoms with Crippen molar-refractivity contribution in [2.24, 2.45) is 0 Å². The summed E-state index contributed by atoms with van der Waals surface area (Å²) in [5.74, 6) is -0.309. The number of rotatable bonds is 9. The number of carbonyl (C=O) groups is 2. The molecule has 0 radical (unpaired) electrons. The Morgan fingerprint density at radius 2 is 1.95 bits per heavy atom. The third kappa shape index (κ3) is 6.79. The molecule has 0 aromatic heterocycles. The first-order valence-electron chi connectivity index (χ1n) is 7.28. The third-order valence-electron chi connectivity index (χ3n) is 3.05. The number of carboxylic acids is 1. The number of benzene rings is 1. The number of amides is 1. The highest BCUT2D eigenvalue weighted by Gasteiger charge is 2.11. The third-order valence-corrected chi connectivity index (χ3v) is 3.05. The first-order chi connectivity index (χ1) is 10.0. The van der Waals surface area contributed by atoms with Crippen LogP contribution in [0.25, 0.3) is 0 Å². The number of nitrogens with one attached hydrogen (secondary N) is 1. The van der Waals surface area contributed by atoms with E-state index < -0.39 is 5.97 Å². The van der Waals surface area contributed by atoms with E-state index in [1.807, 2.05) is 0 Å². The van der Waals surface area contributed by atoms with Gasteiger partial charge in [-0.3, -0.25) is 9.59 Å². The van der Waals surface area contributed by atoms with Gasteiger partial charge in [0.1, 0.15) is 5.75 Å². The molecule has 5 heteroatoms. The molecule has 116 valence electrons. The van der Waals surface area contributed by atoms with E-state index in [2.05, 4.69) is 12.2 Å². The maximum atomic E-state index is 12.0. The van der Waals surface area contributed by atoms with Crippen LogP contribution < -0.4 is 10.1 Å². The molecule has 1 aromatic carbocycles. The average molecular weight is 293 g/mol. The Kier molecular flexibility index (Phi) is 7.29. The minimum absolute atomic E-state index is 0.0473. The van der Waals surface area contributed by atoms with Gasteiger partial charge in [-0.05, 0) is 44.0 Å². The van der Waals surface area contributed by atoms with Crippen molar-refractivity contribution < 1.29 is 19.4 Å². The van der Waals surface area contributed by atoms with Crippen molar-refractivity contribution in [3.8, 4) is 5.75 Å². The zero-order chi connectivity index (χ0) is 15.7. The highest BCUT2D eigenvalue weighted by atomic mass is 16.5. The van der Waals surface area contributed by atoms with Crippen LogP contribution in [0.5, 0.6) is 5.75 Å². The minimum atomic E-state index is -0.857. The molecule has 1 aromatic rings. The van der Waals surface area contributed by atoms with Crippen molar-refractivity contribution in [1.82, 2.24) is 5.32 Å². The first-order valence-corrected chi connectivity index (χ1v) is 7.28. The van der Waals surface area contributed by atoms with E-state index in [1.54, 1.807) is 31.2 Å². The van der Waals surface area contributed by atoms with Crippen LogP contribution in [-0.2, 0) is 4.79 Å². The lowest BCUT2D eigenvalue weighted by molar-refractivity contribution is -0.137. The summed E-state index contributed by atoms with van der Waals surface area (Å²) >= 11 is 0. The number of hydrogen-bond acceptors (Lipinski definition) is 3. The van der Waals surface area contributed by atoms with Crippen molar-refractivity contribution in [3.63, 3.8) is 0 Å². The van der Waals surface area contributed by atoms with E-state index in [0.717, 1.165) is 18.6 Å². The van der Waals surface area contributed by atoms with Gasteiger partial charge < -0.3 is 15.2 Å². The maximum Gasteiger partial charge on any atom is 0.303 e. The van der Waals surface area contributed by atoms with E-state index in [1.165, 1.54) is 0 Å². The van der Waals surface area contributed by atoms with Gasteiger partial charge in [-0.2, -0.15) is 0 Å². The molecular formula is C16H23NO4. The molecule has 21 heavy (non-hydrogen) atoms. The quantitative estimate of drug-likeness (QED) is 0.686. The van der Waals surface area contributed by atoms with Crippen LogP contribution in [0.1, 0.15) is 49.9 Å². The number of carbonyl (C=O) groups excluding carboxylic acids is 1. The molecule has 5 nitrogen and oxygen atoms in total. The van der Waals surface area contributed by atoms with Crippen molar-refractivity contribution in [3.05, 3.63) is 29.8 Å². The summed E-state index contributed by atoms with van der Waals surface area (Å²) in [5, 5.41) is 11.4. The molecule has 1 atom stereocenters. The molecule has 1 unspecified atom stereocenters. The van der Waals surface area contributed by atoms with Crippen molar-refractivity contribution in [1.29, 1.82) is 0 Å². The van der Waals surface area contributed by atoms with E-state index in [4.69, 9.17) is 9.84 Å². The lowest BCUT2D eigenvalue weighted by atomic mass is 10.1. The van der Waals surface area contributed by atoms with Gasteiger partial charge in [0.2, 0.25) is 0 Å². The van der Waals surface area contributed by atoms with Gasteiger partial charge in [0.05, 0.1) is 6.61 Å². The fraction of sp³-hybridized carbons (Fsp3) is 0.500. The van der Waals surface area contributed by atoms with Gasteiger partial charge in [0, 0.05) is 18.0 Å². The molecule has 1 rings (SSSR count). The number of ether oxygens (including phenoxy) is 1. The van der Waals surface area contributed by atoms with Gasteiger partial charge in [0.15, 0.2) is 0 Å². The fourth-order valence-electron chi connectivity index (χ4n) is 1.76. The van der Waals surface area contributed by atoms with Crippen molar-refractivity contribution in [2.45, 2.75) is 45.6 Å². The largest absolute Gasteiger partial charge is 0.494 e. The van der Waals surface area contributed by atoms with Gasteiger partial charge >= 0.3 is 5.97 Å². The van der Waals surface area contributed by atoms with Gasteiger partial charge in [-0.25, -0.2) is 0 Å². The second-order valence-corrected chi connectivity index (χ2v) is 5.03. The van der Waals surface area contributed by atoms with Gasteiger partial charge in [0.25, 0.3) is 5.91 Å². The van der Waals surface area contributed by atoms with E-state index in [9.17, 15) is 9.59 Å². The first kappa shape index (κ1) is 17.0. The van der Waals surface area contributed by atoms with Crippen LogP contribution in [0, 0.1) is 0 Å². The molecule has 1 amide bonds. The number of unbranched alkanes of at least 4 members (excludes halogenated alkanes) is 1. The molecular weight excluding hydrogens is 270 g/mol. The fourth-order valence-corrected chi connectivity index (χ4v) is 1.76. The molecule has 0 heterocycles. The van der Waals surface area contributed by atoms with Crippen molar-refractivity contribution >= 4 is 11.9 Å². The predicted molar refractivity (Wildman–Crippen MR) is 80.6 cm³/mol. The molecule has 0 saturated carbocycles. The van der Waals surface area contributed by atoms with Crippen LogP contribution in [0.2, 0.25) is 0 Å². The lowest BCUT2D eigenvalue weighted by Gasteiger charge is -2.13. The molecule has 0 aliphatic heterocycles. The Balaban J connectivity index is 2.45. The Morgan fingerprint density at radius 3 is 2.52 bits per heavy atom. The molecule has 0 bridgehead atoms. The highest BCUT2D eigenvalue weighted by Crippen LogP contribution is 2.13. The summed E-state index contributed by atoms with van der Waals surface area (Å²) in [6.45, 7) is 4.57. The molecule has 0 aliphatic carbocycles. The SMILES string of the molecule is CCCCOc1ccc(C(=O)NC(C)CCC(=O)O)cc1. The Morgan fingerprint density at radius 1 is 1.29 bits per heavy atom. The Labute approximate surface area is 125 Å². The molecule has 0 spiro atoms. The van der Waals surface area contributed by atoms with E-state index in [0.29, 0.717) is 18.6 Å². The van der Waals surface area contributed by atoms with Gasteiger partial charge in [-0.15, -0.1) is 0 Å². The zero-order valence-electron chi connectivity index (χ0n) is 12.6. The molecule has 0 fully saturated rings. The Hall–Kier alpha value is -2.04.